The second-order valence-electron chi connectivity index (χ2n) is 9.35. The number of anilines is 1. The first kappa shape index (κ1) is 24.4. The molecule has 1 amide bonds. The number of halogens is 2. The molecule has 0 radical (unpaired) electrons. The Hall–Kier alpha value is -3.89. The second kappa shape index (κ2) is 10.1. The fourth-order valence-corrected chi connectivity index (χ4v) is 5.29. The summed E-state index contributed by atoms with van der Waals surface area (Å²) in [6.45, 7) is 3.26. The summed E-state index contributed by atoms with van der Waals surface area (Å²) >= 11 is 6.25. The summed E-state index contributed by atoms with van der Waals surface area (Å²) in [6.07, 6.45) is 0.867. The van der Waals surface area contributed by atoms with E-state index < -0.39 is 11.7 Å². The Balaban J connectivity index is 1.27. The molecule has 0 bridgehead atoms. The molecule has 2 aliphatic heterocycles. The number of morpholine rings is 1. The number of benzene rings is 2. The number of aromatic nitrogens is 4. The number of fused-ring (bicyclic) bond motifs is 2. The van der Waals surface area contributed by atoms with Crippen molar-refractivity contribution in [2.45, 2.75) is 19.4 Å². The lowest BCUT2D eigenvalue weighted by atomic mass is 10.0. The zero-order valence-electron chi connectivity index (χ0n) is 20.4. The van der Waals surface area contributed by atoms with Crippen molar-refractivity contribution in [1.82, 2.24) is 25.1 Å². The molecule has 9 nitrogen and oxygen atoms in total. The maximum Gasteiger partial charge on any atom is 0.272 e. The average molecular weight is 535 g/mol. The molecule has 4 heterocycles. The van der Waals surface area contributed by atoms with Crippen molar-refractivity contribution in [3.05, 3.63) is 92.0 Å². The molecule has 1 fully saturated rings. The Morgan fingerprint density at radius 2 is 1.87 bits per heavy atom. The minimum atomic E-state index is -0.599. The maximum absolute atomic E-state index is 14.9. The first-order valence-electron chi connectivity index (χ1n) is 12.4. The van der Waals surface area contributed by atoms with E-state index >= 15 is 0 Å². The minimum Gasteiger partial charge on any atom is -0.378 e. The summed E-state index contributed by atoms with van der Waals surface area (Å²) in [5, 5.41) is 8.08. The van der Waals surface area contributed by atoms with Crippen molar-refractivity contribution in [2.75, 3.05) is 37.7 Å². The standard InChI is InChI=1S/C27H24ClFN6O3/c28-27-30-23-15-35(8-7-19(23)24(31-27)34-9-11-38-12-10-34)26(37)20-13-16(5-6-21(20)29)14-22-17-3-1-2-4-18(17)25(36)33-32-22/h1-6,13H,7-12,14-15H2,(H,33,36). The summed E-state index contributed by atoms with van der Waals surface area (Å²) in [5.74, 6) is -0.236. The highest BCUT2D eigenvalue weighted by atomic mass is 35.5. The molecular weight excluding hydrogens is 511 g/mol. The number of carbonyl (C=O) groups is 1. The van der Waals surface area contributed by atoms with E-state index in [1.165, 1.54) is 6.07 Å². The molecule has 0 unspecified atom stereocenters. The van der Waals surface area contributed by atoms with Crippen molar-refractivity contribution in [3.63, 3.8) is 0 Å². The summed E-state index contributed by atoms with van der Waals surface area (Å²) in [4.78, 5) is 38.2. The van der Waals surface area contributed by atoms with Gasteiger partial charge >= 0.3 is 0 Å². The fraction of sp³-hybridized carbons (Fsp3) is 0.296. The van der Waals surface area contributed by atoms with Gasteiger partial charge in [0.25, 0.3) is 11.5 Å². The zero-order valence-corrected chi connectivity index (χ0v) is 21.2. The summed E-state index contributed by atoms with van der Waals surface area (Å²) < 4.78 is 20.4. The van der Waals surface area contributed by atoms with Crippen LogP contribution in [-0.2, 0) is 24.1 Å². The molecule has 0 spiro atoms. The number of amides is 1. The molecule has 4 aromatic rings. The average Bonchev–Trinajstić information content (AvgIpc) is 2.95. The third kappa shape index (κ3) is 4.61. The molecule has 0 atom stereocenters. The van der Waals surface area contributed by atoms with E-state index in [2.05, 4.69) is 25.1 Å². The largest absolute Gasteiger partial charge is 0.378 e. The molecule has 11 heteroatoms. The van der Waals surface area contributed by atoms with Gasteiger partial charge in [-0.05, 0) is 41.8 Å². The number of aromatic amines is 1. The molecule has 1 N–H and O–H groups in total. The van der Waals surface area contributed by atoms with Gasteiger partial charge in [-0.2, -0.15) is 5.10 Å². The highest BCUT2D eigenvalue weighted by Gasteiger charge is 2.29. The van der Waals surface area contributed by atoms with Gasteiger partial charge in [0.2, 0.25) is 5.28 Å². The molecule has 2 aromatic heterocycles. The maximum atomic E-state index is 14.9. The van der Waals surface area contributed by atoms with E-state index in [0.29, 0.717) is 73.4 Å². The minimum absolute atomic E-state index is 0.0202. The van der Waals surface area contributed by atoms with Gasteiger partial charge in [-0.1, -0.05) is 24.3 Å². The number of nitrogens with one attached hydrogen (secondary N) is 1. The highest BCUT2D eigenvalue weighted by molar-refractivity contribution is 6.28. The van der Waals surface area contributed by atoms with E-state index in [1.807, 2.05) is 12.1 Å². The summed E-state index contributed by atoms with van der Waals surface area (Å²) in [5.41, 5.74) is 2.69. The van der Waals surface area contributed by atoms with Gasteiger partial charge in [0.1, 0.15) is 11.6 Å². The third-order valence-corrected chi connectivity index (χ3v) is 7.19. The normalized spacial score (nSPS) is 15.5. The molecule has 2 aromatic carbocycles. The van der Waals surface area contributed by atoms with Crippen molar-refractivity contribution in [3.8, 4) is 0 Å². The lowest BCUT2D eigenvalue weighted by Gasteiger charge is -2.34. The lowest BCUT2D eigenvalue weighted by Crippen LogP contribution is -2.41. The lowest BCUT2D eigenvalue weighted by molar-refractivity contribution is 0.0726. The molecule has 6 rings (SSSR count). The van der Waals surface area contributed by atoms with Gasteiger partial charge in [-0.15, -0.1) is 0 Å². The SMILES string of the molecule is O=C(c1cc(Cc2n[nH]c(=O)c3ccccc23)ccc1F)N1CCc2c(nc(Cl)nc2N2CCOCC2)C1. The molecule has 38 heavy (non-hydrogen) atoms. The Kier molecular flexibility index (Phi) is 6.50. The summed E-state index contributed by atoms with van der Waals surface area (Å²) in [7, 11) is 0. The topological polar surface area (TPSA) is 104 Å². The van der Waals surface area contributed by atoms with Crippen LogP contribution in [0, 0.1) is 5.82 Å². The van der Waals surface area contributed by atoms with Crippen LogP contribution in [0.15, 0.2) is 47.3 Å². The van der Waals surface area contributed by atoms with Gasteiger partial charge in [-0.25, -0.2) is 19.5 Å². The van der Waals surface area contributed by atoms with Crippen molar-refractivity contribution in [2.24, 2.45) is 0 Å². The first-order valence-corrected chi connectivity index (χ1v) is 12.8. The van der Waals surface area contributed by atoms with Gasteiger partial charge < -0.3 is 14.5 Å². The quantitative estimate of drug-likeness (QED) is 0.401. The first-order chi connectivity index (χ1) is 18.5. The van der Waals surface area contributed by atoms with Crippen LogP contribution in [0.2, 0.25) is 5.28 Å². The molecule has 0 saturated carbocycles. The van der Waals surface area contributed by atoms with Crippen molar-refractivity contribution in [1.29, 1.82) is 0 Å². The van der Waals surface area contributed by atoms with E-state index in [1.54, 1.807) is 29.2 Å². The molecule has 1 saturated heterocycles. The van der Waals surface area contributed by atoms with Crippen LogP contribution in [0.4, 0.5) is 10.2 Å². The third-order valence-electron chi connectivity index (χ3n) is 7.02. The van der Waals surface area contributed by atoms with Crippen LogP contribution in [-0.4, -0.2) is 63.8 Å². The molecule has 0 aliphatic carbocycles. The Labute approximate surface area is 222 Å². The number of hydrogen-bond acceptors (Lipinski definition) is 7. The van der Waals surface area contributed by atoms with Crippen LogP contribution < -0.4 is 10.5 Å². The Morgan fingerprint density at radius 3 is 2.68 bits per heavy atom. The predicted molar refractivity (Wildman–Crippen MR) is 140 cm³/mol. The van der Waals surface area contributed by atoms with E-state index in [4.69, 9.17) is 16.3 Å². The van der Waals surface area contributed by atoms with Gasteiger partial charge in [-0.3, -0.25) is 9.59 Å². The Morgan fingerprint density at radius 1 is 1.08 bits per heavy atom. The van der Waals surface area contributed by atoms with Crippen LogP contribution in [0.25, 0.3) is 10.8 Å². The second-order valence-corrected chi connectivity index (χ2v) is 9.69. The number of carbonyl (C=O) groups excluding carboxylic acids is 1. The smallest absolute Gasteiger partial charge is 0.272 e. The predicted octanol–water partition coefficient (Wildman–Crippen LogP) is 3.13. The molecule has 194 valence electrons. The van der Waals surface area contributed by atoms with Crippen molar-refractivity contribution >= 4 is 34.1 Å². The van der Waals surface area contributed by atoms with E-state index in [9.17, 15) is 14.0 Å². The summed E-state index contributed by atoms with van der Waals surface area (Å²) in [6, 6.07) is 11.7. The van der Waals surface area contributed by atoms with Gasteiger partial charge in [0.05, 0.1) is 42.1 Å². The van der Waals surface area contributed by atoms with Crippen molar-refractivity contribution < 1.29 is 13.9 Å². The van der Waals surface area contributed by atoms with Crippen LogP contribution in [0.3, 0.4) is 0 Å². The number of nitrogens with zero attached hydrogens (tertiary/aromatic N) is 5. The number of hydrogen-bond donors (Lipinski definition) is 1. The zero-order chi connectivity index (χ0) is 26.2. The number of ether oxygens (including phenoxy) is 1. The van der Waals surface area contributed by atoms with Crippen LogP contribution in [0.5, 0.6) is 0 Å². The van der Waals surface area contributed by atoms with E-state index in [0.717, 1.165) is 11.4 Å². The number of rotatable bonds is 4. The van der Waals surface area contributed by atoms with Gasteiger partial charge in [0.15, 0.2) is 0 Å². The Bertz CT molecular complexity index is 1600. The monoisotopic (exact) mass is 534 g/mol. The molecule has 2 aliphatic rings. The van der Waals surface area contributed by atoms with E-state index in [-0.39, 0.29) is 23.0 Å². The fourth-order valence-electron chi connectivity index (χ4n) is 5.11. The number of H-pyrrole nitrogens is 1. The molecular formula is C27H24ClFN6O3. The van der Waals surface area contributed by atoms with Gasteiger partial charge in [0, 0.05) is 37.0 Å². The highest BCUT2D eigenvalue weighted by Crippen LogP contribution is 2.29. The van der Waals surface area contributed by atoms with Crippen LogP contribution >= 0.6 is 11.6 Å². The van der Waals surface area contributed by atoms with Crippen LogP contribution in [0.1, 0.15) is 32.9 Å².